The van der Waals surface area contributed by atoms with Gasteiger partial charge in [0.2, 0.25) is 11.8 Å². The second kappa shape index (κ2) is 33.1. The van der Waals surface area contributed by atoms with Crippen LogP contribution in [0.15, 0.2) is 48.5 Å². The molecule has 388 valence electrons. The Hall–Kier alpha value is -4.61. The molecule has 3 atom stereocenters. The molecule has 18 nitrogen and oxygen atoms in total. The summed E-state index contributed by atoms with van der Waals surface area (Å²) in [6, 6.07) is 15.1. The zero-order valence-corrected chi connectivity index (χ0v) is 43.7. The van der Waals surface area contributed by atoms with Crippen molar-refractivity contribution >= 4 is 92.9 Å². The standard InChI is InChI=1S/C49H75N9O9S3/c1-5-35(2)42(49(67)50-17-6-7-41(69)27-37-8-14-40(15-9-37)54-36(3)68)28-44(59)43(16-26-70-4)53-34-52-39-12-10-38(11-13-39)29-51-45(60)30-55-18-20-56(31-46(61)62)22-24-58(33-48(65)66)25-23-57(21-19-55)32-47(63)64/h8-15,35,42-43,52-53H,5-7,16-34H2,1-4H3,(H,50,67)(H,51,60)(H,54,68)(H,61,62)(H,63,64)(H,65,66)/t35-,42-,43-/m0/s1. The second-order valence-electron chi connectivity index (χ2n) is 17.8. The molecule has 2 amide bonds. The third-order valence-corrected chi connectivity index (χ3v) is 13.2. The lowest BCUT2D eigenvalue weighted by atomic mass is 9.85. The van der Waals surface area contributed by atoms with Crippen molar-refractivity contribution in [3.05, 3.63) is 59.7 Å². The number of aliphatic carboxylic acids is 3. The van der Waals surface area contributed by atoms with Crippen molar-refractivity contribution < 1.29 is 44.1 Å². The van der Waals surface area contributed by atoms with Crippen molar-refractivity contribution in [1.82, 2.24) is 35.6 Å². The van der Waals surface area contributed by atoms with Gasteiger partial charge in [0.25, 0.3) is 0 Å². The van der Waals surface area contributed by atoms with E-state index in [1.54, 1.807) is 26.5 Å². The molecular formula is C49H75N9O9S3. The number of rotatable bonds is 30. The lowest BCUT2D eigenvalue weighted by Crippen LogP contribution is -2.49. The maximum absolute atomic E-state index is 13.8. The molecule has 1 heterocycles. The van der Waals surface area contributed by atoms with E-state index >= 15 is 0 Å². The van der Waals surface area contributed by atoms with E-state index in [4.69, 9.17) is 24.4 Å². The molecule has 1 aliphatic heterocycles. The predicted octanol–water partition coefficient (Wildman–Crippen LogP) is 3.75. The van der Waals surface area contributed by atoms with Gasteiger partial charge < -0.3 is 36.6 Å². The van der Waals surface area contributed by atoms with Crippen LogP contribution in [0.25, 0.3) is 0 Å². The van der Waals surface area contributed by atoms with Gasteiger partial charge in [0, 0.05) is 95.6 Å². The van der Waals surface area contributed by atoms with E-state index in [9.17, 15) is 44.1 Å². The molecule has 8 N–H and O–H groups in total. The molecule has 0 saturated carbocycles. The van der Waals surface area contributed by atoms with Gasteiger partial charge in [-0.3, -0.25) is 53.7 Å². The van der Waals surface area contributed by atoms with Crippen LogP contribution in [0.1, 0.15) is 64.0 Å². The van der Waals surface area contributed by atoms with Crippen LogP contribution in [0.5, 0.6) is 0 Å². The molecule has 2 aromatic rings. The normalized spacial score (nSPS) is 15.8. The molecule has 1 aliphatic rings. The number of thiocarbonyl (C=S) groups is 2. The zero-order valence-electron chi connectivity index (χ0n) is 41.2. The van der Waals surface area contributed by atoms with Crippen LogP contribution < -0.4 is 26.6 Å². The number of hydrogen-bond donors (Lipinski definition) is 8. The molecule has 3 rings (SSSR count). The van der Waals surface area contributed by atoms with Crippen LogP contribution in [0.2, 0.25) is 0 Å². The number of nitrogens with zero attached hydrogens (tertiary/aromatic N) is 4. The van der Waals surface area contributed by atoms with Crippen molar-refractivity contribution in [3.8, 4) is 0 Å². The number of hydrogen-bond acceptors (Lipinski definition) is 15. The largest absolute Gasteiger partial charge is 0.480 e. The zero-order chi connectivity index (χ0) is 51.4. The second-order valence-corrected chi connectivity index (χ2v) is 20.0. The summed E-state index contributed by atoms with van der Waals surface area (Å²) in [5, 5.41) is 44.3. The number of thioether (sulfide) groups is 1. The van der Waals surface area contributed by atoms with Gasteiger partial charge in [-0.15, -0.1) is 0 Å². The molecule has 0 unspecified atom stereocenters. The molecule has 0 bridgehead atoms. The lowest BCUT2D eigenvalue weighted by Gasteiger charge is -2.32. The Morgan fingerprint density at radius 2 is 1.21 bits per heavy atom. The summed E-state index contributed by atoms with van der Waals surface area (Å²) >= 11 is 12.4. The molecular weight excluding hydrogens is 955 g/mol. The minimum atomic E-state index is -1.03. The monoisotopic (exact) mass is 1030 g/mol. The molecule has 70 heavy (non-hydrogen) atoms. The van der Waals surface area contributed by atoms with E-state index in [2.05, 4.69) is 26.6 Å². The summed E-state index contributed by atoms with van der Waals surface area (Å²) in [6.07, 6.45) is 5.61. The highest BCUT2D eigenvalue weighted by molar-refractivity contribution is 7.98. The molecule has 0 spiro atoms. The third-order valence-electron chi connectivity index (χ3n) is 12.2. The van der Waals surface area contributed by atoms with Crippen LogP contribution in [0.4, 0.5) is 11.4 Å². The van der Waals surface area contributed by atoms with Crippen molar-refractivity contribution in [2.75, 3.05) is 114 Å². The van der Waals surface area contributed by atoms with Crippen LogP contribution in [-0.4, -0.2) is 190 Å². The fraction of sp³-hybridized carbons (Fsp3) is 0.592. The Bertz CT molecular complexity index is 1970. The van der Waals surface area contributed by atoms with E-state index in [-0.39, 0.29) is 75.7 Å². The average Bonchev–Trinajstić information content (AvgIpc) is 3.30. The number of nitrogens with one attached hydrogen (secondary N) is 5. The van der Waals surface area contributed by atoms with Crippen LogP contribution in [-0.2, 0) is 41.7 Å². The Balaban J connectivity index is 1.50. The molecule has 0 aliphatic carbocycles. The van der Waals surface area contributed by atoms with Gasteiger partial charge in [0.15, 0.2) is 5.78 Å². The van der Waals surface area contributed by atoms with Gasteiger partial charge in [0.05, 0.1) is 43.9 Å². The Kier molecular flexibility index (Phi) is 28.2. The van der Waals surface area contributed by atoms with Gasteiger partial charge in [-0.05, 0) is 84.4 Å². The quantitative estimate of drug-likeness (QED) is 0.0316. The maximum atomic E-state index is 13.8. The molecule has 2 aromatic carbocycles. The molecule has 0 radical (unpaired) electrons. The third kappa shape index (κ3) is 25.0. The van der Waals surface area contributed by atoms with Gasteiger partial charge in [-0.25, -0.2) is 0 Å². The predicted molar refractivity (Wildman–Crippen MR) is 285 cm³/mol. The van der Waals surface area contributed by atoms with Gasteiger partial charge in [-0.2, -0.15) is 11.8 Å². The first-order valence-corrected chi connectivity index (χ1v) is 26.2. The minimum absolute atomic E-state index is 0.00206. The smallest absolute Gasteiger partial charge is 0.317 e. The summed E-state index contributed by atoms with van der Waals surface area (Å²) in [5.74, 6) is -3.08. The summed E-state index contributed by atoms with van der Waals surface area (Å²) in [4.78, 5) is 83.9. The fourth-order valence-corrected chi connectivity index (χ4v) is 8.82. The number of carbonyl (C=O) groups excluding carboxylic acids is 3. The number of amides is 2. The number of Topliss-reactive ketones (excluding diaryl/α,β-unsaturated/α-hetero) is 1. The summed E-state index contributed by atoms with van der Waals surface area (Å²) in [6.45, 7) is 8.68. The SMILES string of the molecule is CC[C@H](C)[C@H](CC(=O)[C@H](CCSC)NCNc1ccc(CNC(=O)CN2CCN(CC(=O)O)CCN(CC(=O)O)CCN(CC(=O)O)CC2)cc1)C(=O)NCCCC(=S)Cc1ccc(NC(C)=S)cc1. The maximum Gasteiger partial charge on any atom is 0.317 e. The van der Waals surface area contributed by atoms with Crippen LogP contribution >= 0.6 is 36.2 Å². The fourth-order valence-electron chi connectivity index (χ4n) is 7.92. The Labute approximate surface area is 428 Å². The topological polar surface area (TPSA) is 236 Å². The number of carboxylic acids is 3. The number of anilines is 2. The van der Waals surface area contributed by atoms with Crippen LogP contribution in [0, 0.1) is 11.8 Å². The Morgan fingerprint density at radius 1 is 0.714 bits per heavy atom. The lowest BCUT2D eigenvalue weighted by molar-refractivity contribution is -0.140. The van der Waals surface area contributed by atoms with E-state index in [0.717, 1.165) is 39.5 Å². The average molecular weight is 1030 g/mol. The highest BCUT2D eigenvalue weighted by Crippen LogP contribution is 2.22. The number of benzene rings is 2. The molecule has 1 saturated heterocycles. The molecule has 1 fully saturated rings. The van der Waals surface area contributed by atoms with Crippen molar-refractivity contribution in [2.45, 2.75) is 71.9 Å². The van der Waals surface area contributed by atoms with Crippen molar-refractivity contribution in [2.24, 2.45) is 11.8 Å². The summed E-state index contributed by atoms with van der Waals surface area (Å²) in [7, 11) is 0. The number of ketones is 1. The van der Waals surface area contributed by atoms with E-state index in [1.807, 2.05) is 80.5 Å². The van der Waals surface area contributed by atoms with Gasteiger partial charge in [-0.1, -0.05) is 69.0 Å². The first kappa shape index (κ1) is 59.7. The summed E-state index contributed by atoms with van der Waals surface area (Å²) < 4.78 is 0. The highest BCUT2D eigenvalue weighted by Gasteiger charge is 2.30. The van der Waals surface area contributed by atoms with Crippen molar-refractivity contribution in [1.29, 1.82) is 0 Å². The number of carboxylic acid groups (broad SMARTS) is 3. The minimum Gasteiger partial charge on any atom is -0.480 e. The molecule has 21 heteroatoms. The van der Waals surface area contributed by atoms with Crippen molar-refractivity contribution in [3.63, 3.8) is 0 Å². The first-order chi connectivity index (χ1) is 33.4. The number of carbonyl (C=O) groups is 6. The van der Waals surface area contributed by atoms with Gasteiger partial charge in [0.1, 0.15) is 0 Å². The van der Waals surface area contributed by atoms with E-state index in [1.165, 1.54) is 0 Å². The van der Waals surface area contributed by atoms with Gasteiger partial charge >= 0.3 is 17.9 Å². The highest BCUT2D eigenvalue weighted by atomic mass is 32.2. The molecule has 0 aromatic heterocycles. The first-order valence-electron chi connectivity index (χ1n) is 24.0. The van der Waals surface area contributed by atoms with Crippen LogP contribution in [0.3, 0.4) is 0 Å². The summed E-state index contributed by atoms with van der Waals surface area (Å²) in [5.41, 5.74) is 3.72. The Morgan fingerprint density at radius 3 is 1.70 bits per heavy atom. The van der Waals surface area contributed by atoms with E-state index in [0.29, 0.717) is 83.2 Å². The van der Waals surface area contributed by atoms with E-state index < -0.39 is 29.9 Å².